The van der Waals surface area contributed by atoms with E-state index in [-0.39, 0.29) is 28.4 Å². The number of rotatable bonds is 3. The first-order chi connectivity index (χ1) is 8.56. The van der Waals surface area contributed by atoms with Gasteiger partial charge in [-0.25, -0.2) is 0 Å². The Balaban J connectivity index is 2.49. The van der Waals surface area contributed by atoms with Crippen molar-refractivity contribution in [2.75, 3.05) is 5.73 Å². The largest absolute Gasteiger partial charge is 0.434 e. The fraction of sp³-hybridized carbons (Fsp3) is 0.100. The van der Waals surface area contributed by atoms with E-state index in [9.17, 15) is 8.78 Å². The standard InChI is InChI=1S/C10H7ClF2N4O/c11-8-15-7(16-10(14)17-8)5-3-1-2-4-6(5)18-9(12)13/h1-4,9H,(H2,14,15,16,17). The van der Waals surface area contributed by atoms with Gasteiger partial charge in [0.2, 0.25) is 11.2 Å². The third-order valence-electron chi connectivity index (χ3n) is 1.97. The van der Waals surface area contributed by atoms with E-state index in [1.807, 2.05) is 0 Å². The second-order valence-corrected chi connectivity index (χ2v) is 3.50. The Hall–Kier alpha value is -2.02. The molecule has 0 spiro atoms. The van der Waals surface area contributed by atoms with E-state index in [0.717, 1.165) is 0 Å². The lowest BCUT2D eigenvalue weighted by atomic mass is 10.2. The van der Waals surface area contributed by atoms with Crippen molar-refractivity contribution in [2.24, 2.45) is 0 Å². The second-order valence-electron chi connectivity index (χ2n) is 3.16. The molecule has 0 aliphatic heterocycles. The number of nitrogens with two attached hydrogens (primary N) is 1. The molecule has 2 rings (SSSR count). The first kappa shape index (κ1) is 12.4. The summed E-state index contributed by atoms with van der Waals surface area (Å²) in [5.74, 6) is -0.0882. The summed E-state index contributed by atoms with van der Waals surface area (Å²) in [5, 5.41) is -0.121. The van der Waals surface area contributed by atoms with Crippen LogP contribution in [-0.4, -0.2) is 21.6 Å². The Morgan fingerprint density at radius 3 is 2.56 bits per heavy atom. The first-order valence-corrected chi connectivity index (χ1v) is 5.15. The van der Waals surface area contributed by atoms with E-state index >= 15 is 0 Å². The molecule has 1 aromatic carbocycles. The van der Waals surface area contributed by atoms with Gasteiger partial charge >= 0.3 is 6.61 Å². The highest BCUT2D eigenvalue weighted by molar-refractivity contribution is 6.28. The zero-order chi connectivity index (χ0) is 13.1. The van der Waals surface area contributed by atoms with Crippen molar-refractivity contribution >= 4 is 17.5 Å². The summed E-state index contributed by atoms with van der Waals surface area (Å²) in [6, 6.07) is 6.06. The Labute approximate surface area is 106 Å². The number of ether oxygens (including phenoxy) is 1. The van der Waals surface area contributed by atoms with E-state index in [1.54, 1.807) is 12.1 Å². The molecule has 1 heterocycles. The molecule has 18 heavy (non-hydrogen) atoms. The Bertz CT molecular complexity index is 547. The number of nitrogens with zero attached hydrogens (tertiary/aromatic N) is 3. The zero-order valence-corrected chi connectivity index (χ0v) is 9.60. The van der Waals surface area contributed by atoms with Crippen LogP contribution in [0.1, 0.15) is 0 Å². The van der Waals surface area contributed by atoms with Crippen molar-refractivity contribution in [1.29, 1.82) is 0 Å². The second kappa shape index (κ2) is 5.09. The van der Waals surface area contributed by atoms with Gasteiger partial charge in [-0.3, -0.25) is 0 Å². The Kier molecular flexibility index (Phi) is 3.52. The van der Waals surface area contributed by atoms with Gasteiger partial charge in [0.15, 0.2) is 5.82 Å². The highest BCUT2D eigenvalue weighted by atomic mass is 35.5. The van der Waals surface area contributed by atoms with Crippen molar-refractivity contribution in [3.05, 3.63) is 29.5 Å². The van der Waals surface area contributed by atoms with Gasteiger partial charge in [-0.15, -0.1) is 0 Å². The smallest absolute Gasteiger partial charge is 0.387 e. The summed E-state index contributed by atoms with van der Waals surface area (Å²) in [6.45, 7) is -2.94. The fourth-order valence-electron chi connectivity index (χ4n) is 1.34. The van der Waals surface area contributed by atoms with E-state index in [4.69, 9.17) is 17.3 Å². The van der Waals surface area contributed by atoms with Crippen LogP contribution < -0.4 is 10.5 Å². The van der Waals surface area contributed by atoms with Crippen LogP contribution in [0, 0.1) is 0 Å². The maximum absolute atomic E-state index is 12.2. The summed E-state index contributed by atoms with van der Waals surface area (Å²) in [5.41, 5.74) is 5.67. The van der Waals surface area contributed by atoms with Crippen molar-refractivity contribution in [2.45, 2.75) is 6.61 Å². The monoisotopic (exact) mass is 272 g/mol. The molecule has 0 atom stereocenters. The van der Waals surface area contributed by atoms with E-state index in [2.05, 4.69) is 19.7 Å². The quantitative estimate of drug-likeness (QED) is 0.928. The van der Waals surface area contributed by atoms with Crippen molar-refractivity contribution in [3.63, 3.8) is 0 Å². The normalized spacial score (nSPS) is 10.7. The SMILES string of the molecule is Nc1nc(Cl)nc(-c2ccccc2OC(F)F)n1. The van der Waals surface area contributed by atoms with Gasteiger partial charge < -0.3 is 10.5 Å². The van der Waals surface area contributed by atoms with Crippen molar-refractivity contribution < 1.29 is 13.5 Å². The lowest BCUT2D eigenvalue weighted by Gasteiger charge is -2.09. The summed E-state index contributed by atoms with van der Waals surface area (Å²) in [7, 11) is 0. The molecule has 0 amide bonds. The average Bonchev–Trinajstić information content (AvgIpc) is 2.27. The Morgan fingerprint density at radius 1 is 1.17 bits per heavy atom. The minimum absolute atomic E-state index is 0.0610. The van der Waals surface area contributed by atoms with Crippen LogP contribution in [0.3, 0.4) is 0 Å². The predicted molar refractivity (Wildman–Crippen MR) is 61.3 cm³/mol. The van der Waals surface area contributed by atoms with E-state index in [0.29, 0.717) is 0 Å². The van der Waals surface area contributed by atoms with Gasteiger partial charge in [-0.05, 0) is 23.7 Å². The molecule has 0 bridgehead atoms. The summed E-state index contributed by atoms with van der Waals surface area (Å²) < 4.78 is 28.9. The van der Waals surface area contributed by atoms with Crippen LogP contribution in [0.4, 0.5) is 14.7 Å². The van der Waals surface area contributed by atoms with Crippen LogP contribution in [-0.2, 0) is 0 Å². The number of para-hydroxylation sites is 1. The van der Waals surface area contributed by atoms with Crippen LogP contribution in [0.15, 0.2) is 24.3 Å². The minimum atomic E-state index is -2.94. The summed E-state index contributed by atoms with van der Waals surface area (Å²) >= 11 is 5.63. The molecule has 0 aliphatic rings. The molecule has 2 aromatic rings. The van der Waals surface area contributed by atoms with Gasteiger partial charge in [-0.2, -0.15) is 23.7 Å². The molecule has 94 valence electrons. The molecule has 0 saturated carbocycles. The van der Waals surface area contributed by atoms with Crippen LogP contribution in [0.5, 0.6) is 5.75 Å². The number of alkyl halides is 2. The molecule has 0 saturated heterocycles. The minimum Gasteiger partial charge on any atom is -0.434 e. The zero-order valence-electron chi connectivity index (χ0n) is 8.85. The van der Waals surface area contributed by atoms with Gasteiger partial charge in [0.25, 0.3) is 0 Å². The molecule has 1 aromatic heterocycles. The Morgan fingerprint density at radius 2 is 1.89 bits per heavy atom. The number of benzene rings is 1. The number of anilines is 1. The molecular weight excluding hydrogens is 266 g/mol. The third-order valence-corrected chi connectivity index (χ3v) is 2.14. The number of aromatic nitrogens is 3. The number of halogens is 3. The molecule has 0 fully saturated rings. The molecule has 8 heteroatoms. The molecule has 2 N–H and O–H groups in total. The van der Waals surface area contributed by atoms with E-state index in [1.165, 1.54) is 12.1 Å². The van der Waals surface area contributed by atoms with Crippen molar-refractivity contribution in [3.8, 4) is 17.1 Å². The fourth-order valence-corrected chi connectivity index (χ4v) is 1.50. The van der Waals surface area contributed by atoms with Gasteiger partial charge in [0, 0.05) is 0 Å². The lowest BCUT2D eigenvalue weighted by Crippen LogP contribution is -2.05. The highest BCUT2D eigenvalue weighted by Crippen LogP contribution is 2.29. The molecular formula is C10H7ClF2N4O. The van der Waals surface area contributed by atoms with Crippen LogP contribution >= 0.6 is 11.6 Å². The number of hydrogen-bond donors (Lipinski definition) is 1. The average molecular weight is 273 g/mol. The summed E-state index contributed by atoms with van der Waals surface area (Å²) in [6.07, 6.45) is 0. The predicted octanol–water partition coefficient (Wildman–Crippen LogP) is 2.38. The van der Waals surface area contributed by atoms with Crippen molar-refractivity contribution in [1.82, 2.24) is 15.0 Å². The van der Waals surface area contributed by atoms with Crippen LogP contribution in [0.2, 0.25) is 5.28 Å². The van der Waals surface area contributed by atoms with Gasteiger partial charge in [-0.1, -0.05) is 12.1 Å². The van der Waals surface area contributed by atoms with E-state index < -0.39 is 6.61 Å². The lowest BCUT2D eigenvalue weighted by molar-refractivity contribution is -0.0494. The molecule has 5 nitrogen and oxygen atoms in total. The number of hydrogen-bond acceptors (Lipinski definition) is 5. The highest BCUT2D eigenvalue weighted by Gasteiger charge is 2.14. The molecule has 0 aliphatic carbocycles. The van der Waals surface area contributed by atoms with Crippen LogP contribution in [0.25, 0.3) is 11.4 Å². The molecule has 0 unspecified atom stereocenters. The number of nitrogen functional groups attached to an aromatic ring is 1. The van der Waals surface area contributed by atoms with Gasteiger partial charge in [0.1, 0.15) is 5.75 Å². The molecule has 0 radical (unpaired) electrons. The van der Waals surface area contributed by atoms with Gasteiger partial charge in [0.05, 0.1) is 5.56 Å². The third kappa shape index (κ3) is 2.80. The first-order valence-electron chi connectivity index (χ1n) is 4.77. The summed E-state index contributed by atoms with van der Waals surface area (Å²) in [4.78, 5) is 11.2. The maximum Gasteiger partial charge on any atom is 0.387 e. The maximum atomic E-state index is 12.2. The topological polar surface area (TPSA) is 73.9 Å².